The van der Waals surface area contributed by atoms with Crippen LogP contribution in [0.5, 0.6) is 0 Å². The predicted octanol–water partition coefficient (Wildman–Crippen LogP) is 2.65. The Balaban J connectivity index is 2.13. The zero-order valence-electron chi connectivity index (χ0n) is 11.1. The zero-order chi connectivity index (χ0) is 13.2. The van der Waals surface area contributed by atoms with Crippen molar-refractivity contribution in [3.63, 3.8) is 0 Å². The molecule has 0 spiro atoms. The van der Waals surface area contributed by atoms with E-state index in [1.807, 2.05) is 28.8 Å². The van der Waals surface area contributed by atoms with Gasteiger partial charge in [-0.2, -0.15) is 0 Å². The number of rotatable bonds is 3. The van der Waals surface area contributed by atoms with Gasteiger partial charge in [-0.15, -0.1) is 0 Å². The van der Waals surface area contributed by atoms with Crippen LogP contribution in [0, 0.1) is 5.92 Å². The number of pyridine rings is 1. The monoisotopic (exact) mass is 256 g/mol. The molecule has 0 saturated heterocycles. The molecular formula is C16H20N2O. The molecule has 1 aromatic carbocycles. The van der Waals surface area contributed by atoms with Gasteiger partial charge in [0.15, 0.2) is 0 Å². The van der Waals surface area contributed by atoms with Gasteiger partial charge >= 0.3 is 0 Å². The minimum atomic E-state index is 0.0908. The van der Waals surface area contributed by atoms with E-state index in [0.717, 1.165) is 23.0 Å². The lowest BCUT2D eigenvalue weighted by atomic mass is 10.1. The molecule has 1 fully saturated rings. The van der Waals surface area contributed by atoms with Crippen LogP contribution in [0.4, 0.5) is 0 Å². The number of nitrogens with zero attached hydrogens (tertiary/aromatic N) is 1. The fourth-order valence-electron chi connectivity index (χ4n) is 3.17. The smallest absolute Gasteiger partial charge is 0.255 e. The maximum Gasteiger partial charge on any atom is 0.255 e. The largest absolute Gasteiger partial charge is 0.326 e. The summed E-state index contributed by atoms with van der Waals surface area (Å²) in [5, 5.41) is 1.11. The fraction of sp³-hybridized carbons (Fsp3) is 0.438. The van der Waals surface area contributed by atoms with Crippen LogP contribution >= 0.6 is 0 Å². The summed E-state index contributed by atoms with van der Waals surface area (Å²) < 4.78 is 1.94. The van der Waals surface area contributed by atoms with E-state index < -0.39 is 0 Å². The van der Waals surface area contributed by atoms with Crippen molar-refractivity contribution in [2.75, 3.05) is 0 Å². The standard InChI is InChI=1S/C16H20N2O/c17-10-14-9-13-7-3-4-8-15(13)18(16(14)19)11-12-5-1-2-6-12/h3-4,7-9,12H,1-2,5-6,10-11,17H2. The highest BCUT2D eigenvalue weighted by Crippen LogP contribution is 2.27. The van der Waals surface area contributed by atoms with Crippen molar-refractivity contribution in [2.45, 2.75) is 38.8 Å². The molecule has 0 atom stereocenters. The van der Waals surface area contributed by atoms with E-state index in [1.165, 1.54) is 25.7 Å². The van der Waals surface area contributed by atoms with Gasteiger partial charge in [-0.25, -0.2) is 0 Å². The van der Waals surface area contributed by atoms with Gasteiger partial charge in [0, 0.05) is 18.7 Å². The summed E-state index contributed by atoms with van der Waals surface area (Å²) in [7, 11) is 0. The van der Waals surface area contributed by atoms with E-state index >= 15 is 0 Å². The lowest BCUT2D eigenvalue weighted by Gasteiger charge is -2.16. The van der Waals surface area contributed by atoms with Crippen molar-refractivity contribution >= 4 is 10.9 Å². The second-order valence-corrected chi connectivity index (χ2v) is 5.50. The molecule has 1 heterocycles. The summed E-state index contributed by atoms with van der Waals surface area (Å²) >= 11 is 0. The Morgan fingerprint density at radius 1 is 1.21 bits per heavy atom. The highest BCUT2D eigenvalue weighted by atomic mass is 16.1. The summed E-state index contributed by atoms with van der Waals surface area (Å²) in [6.07, 6.45) is 5.09. The van der Waals surface area contributed by atoms with E-state index in [9.17, 15) is 4.79 Å². The molecular weight excluding hydrogens is 236 g/mol. The Hall–Kier alpha value is -1.61. The van der Waals surface area contributed by atoms with Gasteiger partial charge in [-0.05, 0) is 36.3 Å². The van der Waals surface area contributed by atoms with E-state index in [-0.39, 0.29) is 5.56 Å². The molecule has 0 amide bonds. The van der Waals surface area contributed by atoms with E-state index in [4.69, 9.17) is 5.73 Å². The lowest BCUT2D eigenvalue weighted by Crippen LogP contribution is -2.27. The molecule has 3 nitrogen and oxygen atoms in total. The first-order chi connectivity index (χ1) is 9.29. The number of nitrogens with two attached hydrogens (primary N) is 1. The molecule has 1 aromatic heterocycles. The van der Waals surface area contributed by atoms with Crippen molar-refractivity contribution in [1.29, 1.82) is 0 Å². The molecule has 0 bridgehead atoms. The minimum absolute atomic E-state index is 0.0908. The minimum Gasteiger partial charge on any atom is -0.326 e. The first-order valence-corrected chi connectivity index (χ1v) is 7.11. The topological polar surface area (TPSA) is 48.0 Å². The van der Waals surface area contributed by atoms with Crippen molar-refractivity contribution in [2.24, 2.45) is 11.7 Å². The third kappa shape index (κ3) is 2.30. The van der Waals surface area contributed by atoms with Crippen LogP contribution in [0.25, 0.3) is 10.9 Å². The number of aromatic nitrogens is 1. The zero-order valence-corrected chi connectivity index (χ0v) is 11.1. The summed E-state index contributed by atoms with van der Waals surface area (Å²) in [6.45, 7) is 1.15. The van der Waals surface area contributed by atoms with Crippen LogP contribution < -0.4 is 11.3 Å². The predicted molar refractivity (Wildman–Crippen MR) is 78.1 cm³/mol. The fourth-order valence-corrected chi connectivity index (χ4v) is 3.17. The van der Waals surface area contributed by atoms with Crippen LogP contribution in [0.3, 0.4) is 0 Å². The molecule has 19 heavy (non-hydrogen) atoms. The Labute approximate surface area is 113 Å². The van der Waals surface area contributed by atoms with Crippen LogP contribution in [-0.2, 0) is 13.1 Å². The molecule has 3 heteroatoms. The van der Waals surface area contributed by atoms with Crippen molar-refractivity contribution in [3.8, 4) is 0 Å². The van der Waals surface area contributed by atoms with E-state index in [1.54, 1.807) is 0 Å². The molecule has 1 aliphatic rings. The van der Waals surface area contributed by atoms with Gasteiger partial charge in [0.25, 0.3) is 5.56 Å². The third-order valence-electron chi connectivity index (χ3n) is 4.21. The Morgan fingerprint density at radius 2 is 1.95 bits per heavy atom. The van der Waals surface area contributed by atoms with Crippen LogP contribution in [-0.4, -0.2) is 4.57 Å². The normalized spacial score (nSPS) is 16.3. The SMILES string of the molecule is NCc1cc2ccccc2n(CC2CCCC2)c1=O. The van der Waals surface area contributed by atoms with Crippen molar-refractivity contribution in [1.82, 2.24) is 4.57 Å². The van der Waals surface area contributed by atoms with Crippen LogP contribution in [0.1, 0.15) is 31.2 Å². The number of para-hydroxylation sites is 1. The second kappa shape index (κ2) is 5.17. The third-order valence-corrected chi connectivity index (χ3v) is 4.21. The van der Waals surface area contributed by atoms with Crippen LogP contribution in [0.2, 0.25) is 0 Å². The lowest BCUT2D eigenvalue weighted by molar-refractivity contribution is 0.457. The Bertz CT molecular complexity index is 639. The van der Waals surface area contributed by atoms with Gasteiger partial charge in [0.1, 0.15) is 0 Å². The molecule has 2 aromatic rings. The molecule has 0 aliphatic heterocycles. The molecule has 100 valence electrons. The van der Waals surface area contributed by atoms with Crippen molar-refractivity contribution < 1.29 is 0 Å². The van der Waals surface area contributed by atoms with E-state index in [2.05, 4.69) is 6.07 Å². The number of hydrogen-bond acceptors (Lipinski definition) is 2. The molecule has 0 unspecified atom stereocenters. The van der Waals surface area contributed by atoms with Crippen LogP contribution in [0.15, 0.2) is 35.1 Å². The first-order valence-electron chi connectivity index (χ1n) is 7.11. The highest BCUT2D eigenvalue weighted by molar-refractivity contribution is 5.79. The summed E-state index contributed by atoms with van der Waals surface area (Å²) in [5.74, 6) is 0.647. The maximum absolute atomic E-state index is 12.5. The highest BCUT2D eigenvalue weighted by Gasteiger charge is 2.18. The molecule has 1 aliphatic carbocycles. The van der Waals surface area contributed by atoms with Gasteiger partial charge in [0.2, 0.25) is 0 Å². The van der Waals surface area contributed by atoms with E-state index in [0.29, 0.717) is 12.5 Å². The Kier molecular flexibility index (Phi) is 3.38. The van der Waals surface area contributed by atoms with Crippen molar-refractivity contribution in [3.05, 3.63) is 46.2 Å². The number of hydrogen-bond donors (Lipinski definition) is 1. The molecule has 3 rings (SSSR count). The second-order valence-electron chi connectivity index (χ2n) is 5.50. The summed E-state index contributed by atoms with van der Waals surface area (Å²) in [4.78, 5) is 12.5. The quantitative estimate of drug-likeness (QED) is 0.917. The number of benzene rings is 1. The maximum atomic E-state index is 12.5. The molecule has 1 saturated carbocycles. The average Bonchev–Trinajstić information content (AvgIpc) is 2.94. The first kappa shape index (κ1) is 12.4. The van der Waals surface area contributed by atoms with Gasteiger partial charge in [0.05, 0.1) is 5.52 Å². The van der Waals surface area contributed by atoms with Gasteiger partial charge in [-0.1, -0.05) is 31.0 Å². The van der Waals surface area contributed by atoms with Gasteiger partial charge in [-0.3, -0.25) is 4.79 Å². The number of fused-ring (bicyclic) bond motifs is 1. The molecule has 0 radical (unpaired) electrons. The summed E-state index contributed by atoms with van der Waals surface area (Å²) in [6, 6.07) is 10.0. The van der Waals surface area contributed by atoms with Gasteiger partial charge < -0.3 is 10.3 Å². The average molecular weight is 256 g/mol. The summed E-state index contributed by atoms with van der Waals surface area (Å²) in [5.41, 5.74) is 7.55. The molecule has 2 N–H and O–H groups in total. The Morgan fingerprint density at radius 3 is 2.68 bits per heavy atom.